The van der Waals surface area contributed by atoms with Crippen LogP contribution in [0.2, 0.25) is 0 Å². The van der Waals surface area contributed by atoms with E-state index in [0.29, 0.717) is 28.8 Å². The number of nitrogens with one attached hydrogen (secondary N) is 1. The molecule has 0 aliphatic carbocycles. The van der Waals surface area contributed by atoms with Crippen molar-refractivity contribution in [3.8, 4) is 0 Å². The number of carbonyl (C=O) groups excluding carboxylic acids is 1. The van der Waals surface area contributed by atoms with Gasteiger partial charge >= 0.3 is 0 Å². The smallest absolute Gasteiger partial charge is 0.162 e. The van der Waals surface area contributed by atoms with Gasteiger partial charge in [-0.1, -0.05) is 24.3 Å². The van der Waals surface area contributed by atoms with Crippen molar-refractivity contribution >= 4 is 17.7 Å². The second-order valence-electron chi connectivity index (χ2n) is 8.25. The van der Waals surface area contributed by atoms with Crippen LogP contribution >= 0.6 is 0 Å². The van der Waals surface area contributed by atoms with Crippen LogP contribution in [0.3, 0.4) is 0 Å². The number of quaternary nitrogens is 1. The normalized spacial score (nSPS) is 16.1. The monoisotopic (exact) mass is 475 g/mol. The molecule has 1 aliphatic heterocycles. The van der Waals surface area contributed by atoms with Crippen LogP contribution < -0.4 is 10.0 Å². The van der Waals surface area contributed by atoms with E-state index >= 15 is 0 Å². The molecule has 0 atom stereocenters. The number of benzene rings is 4. The summed E-state index contributed by atoms with van der Waals surface area (Å²) in [5.41, 5.74) is 4.50. The highest BCUT2D eigenvalue weighted by Gasteiger charge is 2.54. The van der Waals surface area contributed by atoms with Crippen LogP contribution in [0.15, 0.2) is 109 Å². The summed E-state index contributed by atoms with van der Waals surface area (Å²) in [4.78, 5) is 12.6. The average Bonchev–Trinajstić information content (AvgIpc) is 3.23. The van der Waals surface area contributed by atoms with Crippen molar-refractivity contribution in [2.45, 2.75) is 5.54 Å². The Morgan fingerprint density at radius 3 is 1.26 bits per heavy atom. The lowest BCUT2D eigenvalue weighted by Crippen LogP contribution is -2.56. The van der Waals surface area contributed by atoms with E-state index in [0.717, 1.165) is 0 Å². The standard InChI is InChI=1S/C28H19F4N2O/c29-22-5-1-19(2-6-22)28(20-3-7-23(30)8-4-20)21(18-35)17-34(33-28,26-13-9-24(31)10-14-26)27-15-11-25(32)12-16-27/h1-18,33H/q+1. The van der Waals surface area contributed by atoms with Crippen LogP contribution in [-0.4, -0.2) is 6.29 Å². The first-order valence-electron chi connectivity index (χ1n) is 10.8. The molecular formula is C28H19F4N2O+. The van der Waals surface area contributed by atoms with Crippen molar-refractivity contribution in [1.29, 1.82) is 0 Å². The Labute approximate surface area is 199 Å². The van der Waals surface area contributed by atoms with Crippen molar-refractivity contribution in [1.82, 2.24) is 10.0 Å². The first kappa shape index (κ1) is 22.7. The molecule has 7 heteroatoms. The number of hydrogen-bond donors (Lipinski definition) is 1. The quantitative estimate of drug-likeness (QED) is 0.205. The Morgan fingerprint density at radius 2 is 0.914 bits per heavy atom. The van der Waals surface area contributed by atoms with Crippen molar-refractivity contribution in [2.75, 3.05) is 0 Å². The van der Waals surface area contributed by atoms with Gasteiger partial charge in [0.15, 0.2) is 23.2 Å². The van der Waals surface area contributed by atoms with Crippen molar-refractivity contribution < 1.29 is 22.4 Å². The number of aldehydes is 1. The van der Waals surface area contributed by atoms with Gasteiger partial charge in [0.2, 0.25) is 0 Å². The first-order valence-corrected chi connectivity index (χ1v) is 10.8. The van der Waals surface area contributed by atoms with Crippen LogP contribution in [-0.2, 0) is 10.3 Å². The molecule has 174 valence electrons. The van der Waals surface area contributed by atoms with Gasteiger partial charge in [0, 0.05) is 24.3 Å². The Kier molecular flexibility index (Phi) is 5.59. The molecule has 5 rings (SSSR count). The van der Waals surface area contributed by atoms with E-state index in [1.807, 2.05) is 0 Å². The Bertz CT molecular complexity index is 1310. The molecule has 0 radical (unpaired) electrons. The van der Waals surface area contributed by atoms with Crippen molar-refractivity contribution in [2.24, 2.45) is 0 Å². The number of nitrogens with zero attached hydrogens (tertiary/aromatic N) is 1. The molecule has 0 saturated heterocycles. The molecule has 1 N–H and O–H groups in total. The van der Waals surface area contributed by atoms with Crippen LogP contribution in [0, 0.1) is 23.3 Å². The molecule has 0 bridgehead atoms. The lowest BCUT2D eigenvalue weighted by Gasteiger charge is -2.37. The van der Waals surface area contributed by atoms with Crippen LogP contribution in [0.1, 0.15) is 11.1 Å². The molecule has 3 nitrogen and oxygen atoms in total. The second kappa shape index (κ2) is 8.61. The van der Waals surface area contributed by atoms with E-state index in [1.165, 1.54) is 48.5 Å². The summed E-state index contributed by atoms with van der Waals surface area (Å²) in [7, 11) is 0. The fourth-order valence-corrected chi connectivity index (χ4v) is 4.59. The third-order valence-corrected chi connectivity index (χ3v) is 6.26. The molecule has 0 aromatic heterocycles. The van der Waals surface area contributed by atoms with Gasteiger partial charge < -0.3 is 0 Å². The van der Waals surface area contributed by atoms with Gasteiger partial charge in [0.1, 0.15) is 29.5 Å². The molecule has 0 spiro atoms. The van der Waals surface area contributed by atoms with Gasteiger partial charge in [0.05, 0.1) is 5.57 Å². The molecule has 4 aromatic rings. The third kappa shape index (κ3) is 3.75. The number of rotatable bonds is 5. The van der Waals surface area contributed by atoms with Gasteiger partial charge in [-0.3, -0.25) is 4.79 Å². The number of halogens is 4. The minimum Gasteiger partial charge on any atom is -0.298 e. The topological polar surface area (TPSA) is 29.1 Å². The maximum atomic E-state index is 13.9. The lowest BCUT2D eigenvalue weighted by molar-refractivity contribution is -0.105. The Hall–Kier alpha value is -4.07. The van der Waals surface area contributed by atoms with Gasteiger partial charge in [0.25, 0.3) is 0 Å². The highest BCUT2D eigenvalue weighted by Crippen LogP contribution is 2.48. The summed E-state index contributed by atoms with van der Waals surface area (Å²) in [6, 6.07) is 22.6. The highest BCUT2D eigenvalue weighted by molar-refractivity contribution is 5.84. The minimum atomic E-state index is -1.34. The third-order valence-electron chi connectivity index (χ3n) is 6.26. The molecule has 35 heavy (non-hydrogen) atoms. The van der Waals surface area contributed by atoms with E-state index < -0.39 is 28.8 Å². The van der Waals surface area contributed by atoms with E-state index in [9.17, 15) is 22.4 Å². The fourth-order valence-electron chi connectivity index (χ4n) is 4.59. The molecule has 4 aromatic carbocycles. The van der Waals surface area contributed by atoms with Gasteiger partial charge in [-0.05, 0) is 59.7 Å². The van der Waals surface area contributed by atoms with Crippen LogP contribution in [0.4, 0.5) is 28.9 Å². The Morgan fingerprint density at radius 1 is 0.571 bits per heavy atom. The van der Waals surface area contributed by atoms with E-state index in [-0.39, 0.29) is 10.2 Å². The summed E-state index contributed by atoms with van der Waals surface area (Å²) in [5, 5.41) is 0. The van der Waals surface area contributed by atoms with Crippen molar-refractivity contribution in [3.63, 3.8) is 0 Å². The highest BCUT2D eigenvalue weighted by atomic mass is 19.1. The summed E-state index contributed by atoms with van der Waals surface area (Å²) >= 11 is 0. The van der Waals surface area contributed by atoms with Gasteiger partial charge in [-0.2, -0.15) is 4.59 Å². The summed E-state index contributed by atoms with van der Waals surface area (Å²) in [5.74, 6) is -1.83. The molecule has 0 fully saturated rings. The molecular weight excluding hydrogens is 456 g/mol. The zero-order valence-electron chi connectivity index (χ0n) is 18.3. The van der Waals surface area contributed by atoms with Gasteiger partial charge in [-0.25, -0.2) is 17.6 Å². The summed E-state index contributed by atoms with van der Waals surface area (Å²) in [6.45, 7) is 0. The predicted molar refractivity (Wildman–Crippen MR) is 125 cm³/mol. The predicted octanol–water partition coefficient (Wildman–Crippen LogP) is 6.43. The minimum absolute atomic E-state index is 0.254. The molecule has 1 heterocycles. The maximum absolute atomic E-state index is 13.9. The number of carbonyl (C=O) groups is 1. The zero-order valence-corrected chi connectivity index (χ0v) is 18.3. The van der Waals surface area contributed by atoms with Crippen LogP contribution in [0.25, 0.3) is 0 Å². The van der Waals surface area contributed by atoms with Crippen LogP contribution in [0.5, 0.6) is 0 Å². The first-order chi connectivity index (χ1) is 16.9. The van der Waals surface area contributed by atoms with E-state index in [2.05, 4.69) is 5.43 Å². The largest absolute Gasteiger partial charge is 0.298 e. The molecule has 0 amide bonds. The van der Waals surface area contributed by atoms with E-state index in [4.69, 9.17) is 0 Å². The molecule has 0 unspecified atom stereocenters. The molecule has 0 saturated carbocycles. The number of hydrogen-bond acceptors (Lipinski definition) is 2. The van der Waals surface area contributed by atoms with E-state index in [1.54, 1.807) is 54.7 Å². The fraction of sp³-hybridized carbons (Fsp3) is 0.0357. The summed E-state index contributed by atoms with van der Waals surface area (Å²) < 4.78 is 55.1. The molecule has 1 aliphatic rings. The zero-order chi connectivity index (χ0) is 24.6. The Balaban J connectivity index is 1.82. The second-order valence-corrected chi connectivity index (χ2v) is 8.25. The average molecular weight is 475 g/mol. The van der Waals surface area contributed by atoms with Gasteiger partial charge in [-0.15, -0.1) is 5.43 Å². The van der Waals surface area contributed by atoms with Crippen molar-refractivity contribution in [3.05, 3.63) is 143 Å². The maximum Gasteiger partial charge on any atom is 0.162 e. The SMILES string of the molecule is O=CC1=C[N+](c2ccc(F)cc2)(c2ccc(F)cc2)NC1(c1ccc(F)cc1)c1ccc(F)cc1. The lowest BCUT2D eigenvalue weighted by atomic mass is 9.78. The summed E-state index contributed by atoms with van der Waals surface area (Å²) in [6.07, 6.45) is 2.31.